The third-order valence-electron chi connectivity index (χ3n) is 8.42. The van der Waals surface area contributed by atoms with Gasteiger partial charge < -0.3 is 20.3 Å². The first-order valence-electron chi connectivity index (χ1n) is 14.0. The van der Waals surface area contributed by atoms with Crippen LogP contribution in [0.15, 0.2) is 12.5 Å². The number of likely N-dealkylation sites (tertiary alicyclic amines) is 1. The monoisotopic (exact) mass is 511 g/mol. The number of aromatic nitrogens is 2. The largest absolute Gasteiger partial charge is 0.480 e. The quantitative estimate of drug-likeness (QED) is 0.378. The molecule has 2 heterocycles. The molecule has 1 aromatic heterocycles. The van der Waals surface area contributed by atoms with E-state index < -0.39 is 18.1 Å². The second kappa shape index (κ2) is 13.6. The van der Waals surface area contributed by atoms with Crippen LogP contribution in [0.5, 0.6) is 0 Å². The number of carboxylic acid groups (broad SMARTS) is 1. The average Bonchev–Trinajstić information content (AvgIpc) is 3.62. The number of amides is 2. The van der Waals surface area contributed by atoms with Gasteiger partial charge in [0.2, 0.25) is 11.8 Å². The maximum atomic E-state index is 14.1. The minimum Gasteiger partial charge on any atom is -0.480 e. The minimum atomic E-state index is -0.963. The molecule has 9 heteroatoms. The van der Waals surface area contributed by atoms with E-state index in [4.69, 9.17) is 0 Å². The lowest BCUT2D eigenvalue weighted by Crippen LogP contribution is -2.58. The number of imidazole rings is 1. The maximum Gasteiger partial charge on any atom is 0.317 e. The van der Waals surface area contributed by atoms with Gasteiger partial charge in [0, 0.05) is 6.54 Å². The SMILES string of the molecule is O=C(O)CN[C@@H](C(=O)N1CCC[C@H]1C(=O)NCC#Cc1cnc[nH]1)C(C1CCCCC1)C1CCCCC1. The van der Waals surface area contributed by atoms with Gasteiger partial charge in [-0.05, 0) is 36.5 Å². The third-order valence-corrected chi connectivity index (χ3v) is 8.42. The van der Waals surface area contributed by atoms with Gasteiger partial charge in [0.15, 0.2) is 0 Å². The number of H-pyrrole nitrogens is 1. The molecule has 1 saturated heterocycles. The molecule has 4 rings (SSSR count). The van der Waals surface area contributed by atoms with Gasteiger partial charge in [-0.15, -0.1) is 0 Å². The van der Waals surface area contributed by atoms with Crippen LogP contribution in [0.1, 0.15) is 82.7 Å². The van der Waals surface area contributed by atoms with E-state index in [9.17, 15) is 19.5 Å². The van der Waals surface area contributed by atoms with Crippen molar-refractivity contribution in [1.29, 1.82) is 0 Å². The Morgan fingerprint density at radius 2 is 1.70 bits per heavy atom. The number of carboxylic acids is 1. The summed E-state index contributed by atoms with van der Waals surface area (Å²) in [7, 11) is 0. The maximum absolute atomic E-state index is 14.1. The van der Waals surface area contributed by atoms with Crippen LogP contribution in [0, 0.1) is 29.6 Å². The van der Waals surface area contributed by atoms with Crippen molar-refractivity contribution in [3.8, 4) is 11.8 Å². The standard InChI is InChI=1S/C28H41N5O4/c34-24(35)18-31-26(25(20-9-3-1-4-10-20)21-11-5-2-6-12-21)28(37)33-16-8-14-23(33)27(36)30-15-7-13-22-17-29-19-32-22/h17,19-21,23,25-26,31H,1-6,8-12,14-16,18H2,(H,29,32)(H,30,36)(H,34,35)/t23-,26+/m0/s1. The van der Waals surface area contributed by atoms with Crippen LogP contribution in [-0.2, 0) is 14.4 Å². The van der Waals surface area contributed by atoms with Gasteiger partial charge in [0.1, 0.15) is 11.7 Å². The molecular weight excluding hydrogens is 470 g/mol. The van der Waals surface area contributed by atoms with Crippen LogP contribution in [0.2, 0.25) is 0 Å². The molecule has 3 fully saturated rings. The van der Waals surface area contributed by atoms with Crippen molar-refractivity contribution < 1.29 is 19.5 Å². The number of hydrogen-bond donors (Lipinski definition) is 4. The highest BCUT2D eigenvalue weighted by Crippen LogP contribution is 2.42. The van der Waals surface area contributed by atoms with E-state index in [1.807, 2.05) is 0 Å². The summed E-state index contributed by atoms with van der Waals surface area (Å²) in [6.07, 6.45) is 16.0. The molecule has 9 nitrogen and oxygen atoms in total. The number of carbonyl (C=O) groups excluding carboxylic acids is 2. The van der Waals surface area contributed by atoms with Gasteiger partial charge in [-0.1, -0.05) is 70.1 Å². The van der Waals surface area contributed by atoms with Gasteiger partial charge in [-0.25, -0.2) is 4.98 Å². The molecule has 4 N–H and O–H groups in total. The topological polar surface area (TPSA) is 127 Å². The Morgan fingerprint density at radius 3 is 2.30 bits per heavy atom. The van der Waals surface area contributed by atoms with Crippen molar-refractivity contribution in [2.45, 2.75) is 89.1 Å². The van der Waals surface area contributed by atoms with Crippen molar-refractivity contribution in [2.24, 2.45) is 17.8 Å². The predicted octanol–water partition coefficient (Wildman–Crippen LogP) is 2.69. The molecule has 2 aliphatic carbocycles. The summed E-state index contributed by atoms with van der Waals surface area (Å²) in [5, 5.41) is 15.5. The summed E-state index contributed by atoms with van der Waals surface area (Å²) >= 11 is 0. The van der Waals surface area contributed by atoms with Crippen LogP contribution in [-0.4, -0.2) is 69.5 Å². The molecule has 2 amide bonds. The van der Waals surface area contributed by atoms with Crippen LogP contribution in [0.25, 0.3) is 0 Å². The van der Waals surface area contributed by atoms with Gasteiger partial charge in [0.25, 0.3) is 0 Å². The highest BCUT2D eigenvalue weighted by Gasteiger charge is 2.44. The number of rotatable bonds is 9. The fourth-order valence-electron chi connectivity index (χ4n) is 6.75. The van der Waals surface area contributed by atoms with Crippen LogP contribution < -0.4 is 10.6 Å². The van der Waals surface area contributed by atoms with Gasteiger partial charge in [-0.2, -0.15) is 0 Å². The normalized spacial score (nSPS) is 21.9. The van der Waals surface area contributed by atoms with Crippen molar-refractivity contribution >= 4 is 17.8 Å². The molecular formula is C28H41N5O4. The van der Waals surface area contributed by atoms with E-state index in [0.29, 0.717) is 30.5 Å². The van der Waals surface area contributed by atoms with Crippen molar-refractivity contribution in [3.63, 3.8) is 0 Å². The number of aliphatic carboxylic acids is 1. The molecule has 0 aromatic carbocycles. The van der Waals surface area contributed by atoms with Crippen LogP contribution in [0.3, 0.4) is 0 Å². The van der Waals surface area contributed by atoms with E-state index in [0.717, 1.165) is 32.1 Å². The molecule has 3 aliphatic rings. The summed E-state index contributed by atoms with van der Waals surface area (Å²) in [6, 6.07) is -1.12. The summed E-state index contributed by atoms with van der Waals surface area (Å²) in [5.41, 5.74) is 0.677. The number of carbonyl (C=O) groups is 3. The lowest BCUT2D eigenvalue weighted by Gasteiger charge is -2.43. The summed E-state index contributed by atoms with van der Waals surface area (Å²) in [4.78, 5) is 47.3. The number of nitrogens with zero attached hydrogens (tertiary/aromatic N) is 2. The highest BCUT2D eigenvalue weighted by atomic mass is 16.4. The fraction of sp³-hybridized carbons (Fsp3) is 0.714. The Hall–Kier alpha value is -2.86. The zero-order valence-electron chi connectivity index (χ0n) is 21.7. The highest BCUT2D eigenvalue weighted by molar-refractivity contribution is 5.91. The van der Waals surface area contributed by atoms with Crippen molar-refractivity contribution in [3.05, 3.63) is 18.2 Å². The molecule has 0 bridgehead atoms. The summed E-state index contributed by atoms with van der Waals surface area (Å²) in [6.45, 7) is 0.453. The average molecular weight is 512 g/mol. The number of nitrogens with one attached hydrogen (secondary N) is 3. The van der Waals surface area contributed by atoms with E-state index in [-0.39, 0.29) is 30.8 Å². The predicted molar refractivity (Wildman–Crippen MR) is 139 cm³/mol. The fourth-order valence-corrected chi connectivity index (χ4v) is 6.75. The van der Waals surface area contributed by atoms with Crippen LogP contribution >= 0.6 is 0 Å². The third kappa shape index (κ3) is 7.35. The van der Waals surface area contributed by atoms with E-state index >= 15 is 0 Å². The molecule has 0 spiro atoms. The van der Waals surface area contributed by atoms with Crippen molar-refractivity contribution in [2.75, 3.05) is 19.6 Å². The zero-order valence-corrected chi connectivity index (χ0v) is 21.7. The first-order chi connectivity index (χ1) is 18.0. The number of aromatic amines is 1. The lowest BCUT2D eigenvalue weighted by molar-refractivity contribution is -0.143. The van der Waals surface area contributed by atoms with Crippen molar-refractivity contribution in [1.82, 2.24) is 25.5 Å². The lowest BCUT2D eigenvalue weighted by atomic mass is 9.66. The summed E-state index contributed by atoms with van der Waals surface area (Å²) < 4.78 is 0. The second-order valence-electron chi connectivity index (χ2n) is 10.8. The Balaban J connectivity index is 1.49. The Bertz CT molecular complexity index is 939. The zero-order chi connectivity index (χ0) is 26.0. The first-order valence-corrected chi connectivity index (χ1v) is 14.0. The van der Waals surface area contributed by atoms with Gasteiger partial charge in [0.05, 0.1) is 31.7 Å². The molecule has 1 aromatic rings. The minimum absolute atomic E-state index is 0.108. The van der Waals surface area contributed by atoms with Gasteiger partial charge >= 0.3 is 5.97 Å². The first kappa shape index (κ1) is 27.2. The van der Waals surface area contributed by atoms with E-state index in [1.54, 1.807) is 17.4 Å². The second-order valence-corrected chi connectivity index (χ2v) is 10.8. The van der Waals surface area contributed by atoms with Gasteiger partial charge in [-0.3, -0.25) is 19.7 Å². The Kier molecular flexibility index (Phi) is 10.0. The smallest absolute Gasteiger partial charge is 0.317 e. The molecule has 2 atom stereocenters. The molecule has 1 aliphatic heterocycles. The summed E-state index contributed by atoms with van der Waals surface area (Å²) in [5.74, 6) is 5.49. The van der Waals surface area contributed by atoms with E-state index in [2.05, 4.69) is 32.4 Å². The van der Waals surface area contributed by atoms with E-state index in [1.165, 1.54) is 38.5 Å². The molecule has 0 radical (unpaired) electrons. The Labute approximate surface area is 219 Å². The van der Waals surface area contributed by atoms with Crippen LogP contribution in [0.4, 0.5) is 0 Å². The molecule has 202 valence electrons. The Morgan fingerprint density at radius 1 is 1.03 bits per heavy atom. The molecule has 2 saturated carbocycles. The molecule has 0 unspecified atom stereocenters. The molecule has 37 heavy (non-hydrogen) atoms. The number of hydrogen-bond acceptors (Lipinski definition) is 5.